The largest absolute Gasteiger partial charge is 0.497 e. The van der Waals surface area contributed by atoms with Crippen LogP contribution in [0.1, 0.15) is 5.69 Å². The van der Waals surface area contributed by atoms with E-state index in [0.717, 1.165) is 38.9 Å². The lowest BCUT2D eigenvalue weighted by atomic mass is 10.0. The number of ether oxygens (including phenoxy) is 1. The third-order valence-electron chi connectivity index (χ3n) is 4.45. The Kier molecular flexibility index (Phi) is 4.49. The van der Waals surface area contributed by atoms with Crippen molar-refractivity contribution in [2.45, 2.75) is 11.8 Å². The molecule has 0 spiro atoms. The lowest BCUT2D eigenvalue weighted by Gasteiger charge is -2.10. The molecular weight excluding hydrogens is 358 g/mol. The van der Waals surface area contributed by atoms with Crippen LogP contribution in [0.25, 0.3) is 28.3 Å². The van der Waals surface area contributed by atoms with E-state index in [1.54, 1.807) is 13.4 Å². The van der Waals surface area contributed by atoms with Crippen LogP contribution in [0.5, 0.6) is 5.75 Å². The second-order valence-electron chi connectivity index (χ2n) is 6.23. The van der Waals surface area contributed by atoms with Crippen molar-refractivity contribution in [2.24, 2.45) is 0 Å². The molecule has 0 aliphatic heterocycles. The summed E-state index contributed by atoms with van der Waals surface area (Å²) in [7, 11) is 0.520. The van der Waals surface area contributed by atoms with Gasteiger partial charge in [0.1, 0.15) is 5.75 Å². The van der Waals surface area contributed by atoms with Gasteiger partial charge in [-0.3, -0.25) is 8.61 Å². The van der Waals surface area contributed by atoms with Gasteiger partial charge in [0, 0.05) is 34.2 Å². The van der Waals surface area contributed by atoms with Crippen LogP contribution in [-0.4, -0.2) is 31.9 Å². The summed E-state index contributed by atoms with van der Waals surface area (Å²) in [5.41, 5.74) is 4.42. The van der Waals surface area contributed by atoms with Gasteiger partial charge >= 0.3 is 0 Å². The molecule has 1 unspecified atom stereocenters. The number of fused-ring (bicyclic) bond motifs is 1. The Morgan fingerprint density at radius 3 is 2.44 bits per heavy atom. The molecule has 0 fully saturated rings. The molecule has 0 saturated heterocycles. The van der Waals surface area contributed by atoms with Gasteiger partial charge in [0.15, 0.2) is 0 Å². The number of rotatable bonds is 4. The summed E-state index contributed by atoms with van der Waals surface area (Å²) in [4.78, 5) is 10.1. The summed E-state index contributed by atoms with van der Waals surface area (Å²) in [5, 5.41) is 0. The van der Waals surface area contributed by atoms with Crippen LogP contribution < -0.4 is 4.74 Å². The molecule has 0 aliphatic rings. The molecule has 0 aliphatic carbocycles. The third-order valence-corrected chi connectivity index (χ3v) is 5.42. The van der Waals surface area contributed by atoms with E-state index >= 15 is 0 Å². The Morgan fingerprint density at radius 1 is 1.00 bits per heavy atom. The molecule has 2 heterocycles. The predicted octanol–water partition coefficient (Wildman–Crippen LogP) is 4.12. The Hall–Kier alpha value is -2.99. The topological polar surface area (TPSA) is 56.5 Å². The number of aromatic nitrogens is 3. The maximum atomic E-state index is 12.3. The van der Waals surface area contributed by atoms with E-state index in [0.29, 0.717) is 5.78 Å². The van der Waals surface area contributed by atoms with Crippen LogP contribution in [0, 0.1) is 6.92 Å². The molecule has 0 saturated carbocycles. The van der Waals surface area contributed by atoms with Crippen LogP contribution in [0.2, 0.25) is 0 Å². The Morgan fingerprint density at radius 2 is 1.74 bits per heavy atom. The molecule has 2 aromatic carbocycles. The minimum atomic E-state index is -1.12. The Bertz CT molecular complexity index is 1150. The van der Waals surface area contributed by atoms with Crippen molar-refractivity contribution >= 4 is 16.6 Å². The molecule has 0 amide bonds. The number of benzene rings is 2. The minimum Gasteiger partial charge on any atom is -0.497 e. The van der Waals surface area contributed by atoms with Crippen molar-refractivity contribution in [1.29, 1.82) is 0 Å². The van der Waals surface area contributed by atoms with Crippen molar-refractivity contribution in [3.05, 3.63) is 66.5 Å². The Balaban J connectivity index is 2.04. The molecule has 0 radical (unpaired) electrons. The van der Waals surface area contributed by atoms with Gasteiger partial charge in [-0.2, -0.15) is 0 Å². The molecule has 0 N–H and O–H groups in total. The monoisotopic (exact) mass is 377 g/mol. The fourth-order valence-corrected chi connectivity index (χ4v) is 3.88. The summed E-state index contributed by atoms with van der Waals surface area (Å²) in [5.74, 6) is 1.40. The average molecular weight is 377 g/mol. The van der Waals surface area contributed by atoms with Gasteiger partial charge in [-0.1, -0.05) is 18.2 Å². The zero-order chi connectivity index (χ0) is 19.0. The average Bonchev–Trinajstić information content (AvgIpc) is 3.06. The number of aryl methyl sites for hydroxylation is 1. The number of nitrogens with zero attached hydrogens (tertiary/aromatic N) is 3. The van der Waals surface area contributed by atoms with Gasteiger partial charge in [-0.25, -0.2) is 9.97 Å². The molecule has 4 rings (SSSR count). The summed E-state index contributed by atoms with van der Waals surface area (Å²) < 4.78 is 19.6. The SMILES string of the molecule is COc1ccc(-c2nc3nc(C)ccn3c2-c2ccccc2S(C)=O)cc1. The van der Waals surface area contributed by atoms with Crippen molar-refractivity contribution in [3.63, 3.8) is 0 Å². The van der Waals surface area contributed by atoms with Crippen molar-refractivity contribution in [1.82, 2.24) is 14.4 Å². The number of hydrogen-bond donors (Lipinski definition) is 0. The van der Waals surface area contributed by atoms with E-state index < -0.39 is 10.8 Å². The highest BCUT2D eigenvalue weighted by Gasteiger charge is 2.20. The maximum Gasteiger partial charge on any atom is 0.235 e. The summed E-state index contributed by atoms with van der Waals surface area (Å²) in [6, 6.07) is 17.4. The highest BCUT2D eigenvalue weighted by molar-refractivity contribution is 7.84. The van der Waals surface area contributed by atoms with Crippen LogP contribution in [-0.2, 0) is 10.8 Å². The minimum absolute atomic E-state index is 0.618. The number of methoxy groups -OCH3 is 1. The molecule has 1 atom stereocenters. The van der Waals surface area contributed by atoms with E-state index in [1.807, 2.05) is 72.1 Å². The van der Waals surface area contributed by atoms with Crippen molar-refractivity contribution in [2.75, 3.05) is 13.4 Å². The first-order valence-electron chi connectivity index (χ1n) is 8.51. The van der Waals surface area contributed by atoms with E-state index in [2.05, 4.69) is 4.98 Å². The summed E-state index contributed by atoms with van der Waals surface area (Å²) >= 11 is 0. The smallest absolute Gasteiger partial charge is 0.235 e. The molecule has 4 aromatic rings. The van der Waals surface area contributed by atoms with Gasteiger partial charge in [-0.05, 0) is 43.3 Å². The number of imidazole rings is 1. The fraction of sp³-hybridized carbons (Fsp3) is 0.143. The molecule has 27 heavy (non-hydrogen) atoms. The van der Waals surface area contributed by atoms with Gasteiger partial charge in [0.2, 0.25) is 5.78 Å². The van der Waals surface area contributed by atoms with Crippen LogP contribution in [0.15, 0.2) is 65.7 Å². The third kappa shape index (κ3) is 3.13. The maximum absolute atomic E-state index is 12.3. The van der Waals surface area contributed by atoms with E-state index in [-0.39, 0.29) is 0 Å². The van der Waals surface area contributed by atoms with Gasteiger partial charge in [0.05, 0.1) is 29.3 Å². The lowest BCUT2D eigenvalue weighted by molar-refractivity contribution is 0.415. The molecular formula is C21H19N3O2S. The van der Waals surface area contributed by atoms with Crippen molar-refractivity contribution in [3.8, 4) is 28.3 Å². The molecule has 0 bridgehead atoms. The molecule has 6 heteroatoms. The second-order valence-corrected chi connectivity index (χ2v) is 7.57. The Labute approximate surface area is 160 Å². The molecule has 2 aromatic heterocycles. The first-order valence-corrected chi connectivity index (χ1v) is 10.1. The zero-order valence-corrected chi connectivity index (χ0v) is 16.2. The first-order chi connectivity index (χ1) is 13.1. The number of hydrogen-bond acceptors (Lipinski definition) is 4. The summed E-state index contributed by atoms with van der Waals surface area (Å²) in [6.45, 7) is 1.94. The quantitative estimate of drug-likeness (QED) is 0.537. The zero-order valence-electron chi connectivity index (χ0n) is 15.3. The van der Waals surface area contributed by atoms with E-state index in [9.17, 15) is 4.21 Å². The molecule has 136 valence electrons. The lowest BCUT2D eigenvalue weighted by Crippen LogP contribution is -1.97. The normalized spacial score (nSPS) is 12.3. The van der Waals surface area contributed by atoms with Crippen molar-refractivity contribution < 1.29 is 8.95 Å². The first kappa shape index (κ1) is 17.4. The van der Waals surface area contributed by atoms with E-state index in [4.69, 9.17) is 9.72 Å². The highest BCUT2D eigenvalue weighted by Crippen LogP contribution is 2.35. The van der Waals surface area contributed by atoms with Gasteiger partial charge < -0.3 is 4.74 Å². The highest BCUT2D eigenvalue weighted by atomic mass is 32.2. The summed E-state index contributed by atoms with van der Waals surface area (Å²) in [6.07, 6.45) is 3.65. The predicted molar refractivity (Wildman–Crippen MR) is 107 cm³/mol. The van der Waals surface area contributed by atoms with Crippen LogP contribution >= 0.6 is 0 Å². The van der Waals surface area contributed by atoms with E-state index in [1.165, 1.54) is 0 Å². The standard InChI is InChI=1S/C21H19N3O2S/c1-14-12-13-24-20(17-6-4-5-7-18(17)27(3)25)19(23-21(24)22-14)15-8-10-16(26-2)11-9-15/h4-13H,1-3H3. The van der Waals surface area contributed by atoms with Crippen LogP contribution in [0.3, 0.4) is 0 Å². The van der Waals surface area contributed by atoms with Crippen LogP contribution in [0.4, 0.5) is 0 Å². The fourth-order valence-electron chi connectivity index (χ4n) is 3.14. The second kappa shape index (κ2) is 6.96. The van der Waals surface area contributed by atoms with Gasteiger partial charge in [0.25, 0.3) is 0 Å². The molecule has 5 nitrogen and oxygen atoms in total. The van der Waals surface area contributed by atoms with Gasteiger partial charge in [-0.15, -0.1) is 0 Å².